The van der Waals surface area contributed by atoms with E-state index in [0.29, 0.717) is 17.7 Å². The smallest absolute Gasteiger partial charge is 0.338 e. The number of ether oxygens (including phenoxy) is 1. The summed E-state index contributed by atoms with van der Waals surface area (Å²) in [5.74, 6) is -0.294. The molecule has 2 aromatic carbocycles. The first-order valence-electron chi connectivity index (χ1n) is 9.41. The molecule has 1 fully saturated rings. The van der Waals surface area contributed by atoms with Gasteiger partial charge in [0.1, 0.15) is 6.61 Å². The van der Waals surface area contributed by atoms with Gasteiger partial charge in [-0.15, -0.1) is 0 Å². The fourth-order valence-corrected chi connectivity index (χ4v) is 3.34. The van der Waals surface area contributed by atoms with E-state index in [0.717, 1.165) is 41.8 Å². The standard InChI is InChI=1S/C22H21N3O3/c1-15-20(24-19-7-3-2-6-18(19)23-15)14-28-22(27)16-9-11-17(12-10-16)25-13-5-4-8-21(25)26/h2-3,6-7,9-12H,4-5,8,13-14H2,1H3. The maximum atomic E-state index is 12.4. The molecule has 0 unspecified atom stereocenters. The number of hydrogen-bond donors (Lipinski definition) is 0. The largest absolute Gasteiger partial charge is 0.456 e. The van der Waals surface area contributed by atoms with Gasteiger partial charge in [-0.1, -0.05) is 12.1 Å². The number of anilines is 1. The van der Waals surface area contributed by atoms with E-state index in [1.807, 2.05) is 31.2 Å². The molecule has 1 amide bonds. The van der Waals surface area contributed by atoms with Crippen molar-refractivity contribution in [3.05, 3.63) is 65.5 Å². The molecule has 1 aliphatic rings. The Kier molecular flexibility index (Phi) is 5.02. The molecule has 0 spiro atoms. The monoisotopic (exact) mass is 375 g/mol. The molecule has 4 rings (SSSR count). The molecule has 0 atom stereocenters. The highest BCUT2D eigenvalue weighted by Gasteiger charge is 2.20. The number of carbonyl (C=O) groups is 2. The van der Waals surface area contributed by atoms with Crippen LogP contribution in [-0.4, -0.2) is 28.4 Å². The van der Waals surface area contributed by atoms with Gasteiger partial charge in [0.2, 0.25) is 5.91 Å². The van der Waals surface area contributed by atoms with Crippen LogP contribution in [0.25, 0.3) is 11.0 Å². The van der Waals surface area contributed by atoms with Crippen molar-refractivity contribution in [2.75, 3.05) is 11.4 Å². The van der Waals surface area contributed by atoms with Gasteiger partial charge in [-0.05, 0) is 56.2 Å². The zero-order valence-electron chi connectivity index (χ0n) is 15.7. The molecular formula is C22H21N3O3. The number of piperidine rings is 1. The first-order chi connectivity index (χ1) is 13.6. The summed E-state index contributed by atoms with van der Waals surface area (Å²) < 4.78 is 5.43. The van der Waals surface area contributed by atoms with Gasteiger partial charge in [-0.25, -0.2) is 14.8 Å². The Morgan fingerprint density at radius 3 is 2.46 bits per heavy atom. The van der Waals surface area contributed by atoms with E-state index in [9.17, 15) is 9.59 Å². The zero-order chi connectivity index (χ0) is 19.5. The third-order valence-corrected chi connectivity index (χ3v) is 4.92. The number of carbonyl (C=O) groups excluding carboxylic acids is 2. The van der Waals surface area contributed by atoms with Crippen molar-refractivity contribution in [3.63, 3.8) is 0 Å². The van der Waals surface area contributed by atoms with Crippen LogP contribution in [0.1, 0.15) is 41.0 Å². The SMILES string of the molecule is Cc1nc2ccccc2nc1COC(=O)c1ccc(N2CCCCC2=O)cc1. The minimum absolute atomic E-state index is 0.0643. The van der Waals surface area contributed by atoms with Gasteiger partial charge in [-0.3, -0.25) is 4.79 Å². The molecule has 1 aliphatic heterocycles. The Morgan fingerprint density at radius 2 is 1.75 bits per heavy atom. The number of rotatable bonds is 4. The summed E-state index contributed by atoms with van der Waals surface area (Å²) in [5, 5.41) is 0. The van der Waals surface area contributed by atoms with Gasteiger partial charge in [0, 0.05) is 18.7 Å². The third-order valence-electron chi connectivity index (χ3n) is 4.92. The summed E-state index contributed by atoms with van der Waals surface area (Å²) in [6.07, 6.45) is 2.52. The maximum absolute atomic E-state index is 12.4. The van der Waals surface area contributed by atoms with Crippen molar-refractivity contribution >= 4 is 28.6 Å². The van der Waals surface area contributed by atoms with Crippen LogP contribution in [0, 0.1) is 6.92 Å². The molecule has 6 nitrogen and oxygen atoms in total. The topological polar surface area (TPSA) is 72.4 Å². The number of aryl methyl sites for hydroxylation is 1. The minimum atomic E-state index is -0.425. The quantitative estimate of drug-likeness (QED) is 0.649. The normalized spacial score (nSPS) is 14.3. The van der Waals surface area contributed by atoms with Gasteiger partial charge in [0.25, 0.3) is 0 Å². The van der Waals surface area contributed by atoms with Crippen LogP contribution in [0.3, 0.4) is 0 Å². The lowest BCUT2D eigenvalue weighted by molar-refractivity contribution is -0.119. The molecule has 0 radical (unpaired) electrons. The lowest BCUT2D eigenvalue weighted by Crippen LogP contribution is -2.35. The van der Waals surface area contributed by atoms with Gasteiger partial charge >= 0.3 is 5.97 Å². The summed E-state index contributed by atoms with van der Waals surface area (Å²) in [5.41, 5.74) is 4.23. The average molecular weight is 375 g/mol. The summed E-state index contributed by atoms with van der Waals surface area (Å²) in [6.45, 7) is 2.64. The lowest BCUT2D eigenvalue weighted by atomic mass is 10.1. The molecule has 3 aromatic rings. The first kappa shape index (κ1) is 18.1. The van der Waals surface area contributed by atoms with Crippen LogP contribution >= 0.6 is 0 Å². The van der Waals surface area contributed by atoms with Gasteiger partial charge in [0.15, 0.2) is 0 Å². The van der Waals surface area contributed by atoms with Crippen LogP contribution in [0.15, 0.2) is 48.5 Å². The zero-order valence-corrected chi connectivity index (χ0v) is 15.7. The minimum Gasteiger partial charge on any atom is -0.456 e. The highest BCUT2D eigenvalue weighted by atomic mass is 16.5. The Bertz CT molecular complexity index is 1030. The van der Waals surface area contributed by atoms with Gasteiger partial charge < -0.3 is 9.64 Å². The first-order valence-corrected chi connectivity index (χ1v) is 9.41. The molecular weight excluding hydrogens is 354 g/mol. The summed E-state index contributed by atoms with van der Waals surface area (Å²) in [6, 6.07) is 14.6. The second-order valence-corrected chi connectivity index (χ2v) is 6.87. The Morgan fingerprint density at radius 1 is 1.04 bits per heavy atom. The predicted molar refractivity (Wildman–Crippen MR) is 106 cm³/mol. The molecule has 0 aliphatic carbocycles. The summed E-state index contributed by atoms with van der Waals surface area (Å²) >= 11 is 0. The van der Waals surface area contributed by atoms with E-state index in [1.54, 1.807) is 29.2 Å². The second-order valence-electron chi connectivity index (χ2n) is 6.87. The molecule has 1 saturated heterocycles. The molecule has 1 aromatic heterocycles. The van der Waals surface area contributed by atoms with Crippen LogP contribution < -0.4 is 4.90 Å². The van der Waals surface area contributed by atoms with E-state index in [1.165, 1.54) is 0 Å². The predicted octanol–water partition coefficient (Wildman–Crippen LogP) is 3.81. The van der Waals surface area contributed by atoms with Crippen molar-refractivity contribution in [1.29, 1.82) is 0 Å². The van der Waals surface area contributed by atoms with Crippen molar-refractivity contribution in [3.8, 4) is 0 Å². The molecule has 6 heteroatoms. The van der Waals surface area contributed by atoms with Crippen molar-refractivity contribution in [1.82, 2.24) is 9.97 Å². The Labute approximate surface area is 163 Å². The van der Waals surface area contributed by atoms with Crippen molar-refractivity contribution < 1.29 is 14.3 Å². The molecule has 0 bridgehead atoms. The molecule has 0 saturated carbocycles. The number of esters is 1. The Balaban J connectivity index is 1.44. The fraction of sp³-hybridized carbons (Fsp3) is 0.273. The number of benzene rings is 2. The summed E-state index contributed by atoms with van der Waals surface area (Å²) in [7, 11) is 0. The van der Waals surface area contributed by atoms with Crippen LogP contribution in [0.5, 0.6) is 0 Å². The number of nitrogens with zero attached hydrogens (tertiary/aromatic N) is 3. The molecule has 2 heterocycles. The van der Waals surface area contributed by atoms with Crippen LogP contribution in [0.2, 0.25) is 0 Å². The number of hydrogen-bond acceptors (Lipinski definition) is 5. The number of amides is 1. The van der Waals surface area contributed by atoms with E-state index in [-0.39, 0.29) is 12.5 Å². The van der Waals surface area contributed by atoms with Crippen LogP contribution in [-0.2, 0) is 16.1 Å². The van der Waals surface area contributed by atoms with Crippen molar-refractivity contribution in [2.24, 2.45) is 0 Å². The molecule has 142 valence electrons. The van der Waals surface area contributed by atoms with Gasteiger partial charge in [0.05, 0.1) is 28.0 Å². The van der Waals surface area contributed by atoms with E-state index in [2.05, 4.69) is 9.97 Å². The second kappa shape index (κ2) is 7.76. The number of para-hydroxylation sites is 2. The number of aromatic nitrogens is 2. The lowest BCUT2D eigenvalue weighted by Gasteiger charge is -2.26. The van der Waals surface area contributed by atoms with E-state index in [4.69, 9.17) is 4.74 Å². The molecule has 28 heavy (non-hydrogen) atoms. The fourth-order valence-electron chi connectivity index (χ4n) is 3.34. The highest BCUT2D eigenvalue weighted by molar-refractivity contribution is 5.95. The third kappa shape index (κ3) is 3.71. The van der Waals surface area contributed by atoms with Crippen molar-refractivity contribution in [2.45, 2.75) is 32.8 Å². The Hall–Kier alpha value is -3.28. The number of fused-ring (bicyclic) bond motifs is 1. The average Bonchev–Trinajstić information content (AvgIpc) is 2.72. The highest BCUT2D eigenvalue weighted by Crippen LogP contribution is 2.22. The summed E-state index contributed by atoms with van der Waals surface area (Å²) in [4.78, 5) is 35.2. The maximum Gasteiger partial charge on any atom is 0.338 e. The van der Waals surface area contributed by atoms with Gasteiger partial charge in [-0.2, -0.15) is 0 Å². The van der Waals surface area contributed by atoms with Crippen LogP contribution in [0.4, 0.5) is 5.69 Å². The van der Waals surface area contributed by atoms with E-state index < -0.39 is 5.97 Å². The molecule has 0 N–H and O–H groups in total. The van der Waals surface area contributed by atoms with E-state index >= 15 is 0 Å².